The number of hydrogen-bond donors (Lipinski definition) is 0. The van der Waals surface area contributed by atoms with E-state index in [4.69, 9.17) is 8.83 Å². The second kappa shape index (κ2) is 26.9. The van der Waals surface area contributed by atoms with Crippen LogP contribution in [0, 0.1) is 0 Å². The number of hydrogen-bond acceptors (Lipinski definition) is 6. The lowest BCUT2D eigenvalue weighted by molar-refractivity contribution is -0.461. The van der Waals surface area contributed by atoms with Crippen molar-refractivity contribution >= 4 is 33.9 Å². The number of benzene rings is 5. The monoisotopic (exact) mass is 1560 g/mol. The van der Waals surface area contributed by atoms with Gasteiger partial charge in [0.05, 0.1) is 49.3 Å². The molecule has 0 fully saturated rings. The van der Waals surface area contributed by atoms with Crippen LogP contribution in [0.25, 0.3) is 66.8 Å². The molecule has 2 aliphatic carbocycles. The topological polar surface area (TPSA) is 84.9 Å². The Morgan fingerprint density at radius 2 is 0.596 bits per heavy atom. The maximum Gasteiger partial charge on any atom is 0.460 e. The summed E-state index contributed by atoms with van der Waals surface area (Å²) < 4.78 is 505. The predicted octanol–water partition coefficient (Wildman–Crippen LogP) is 19.5. The molecule has 0 saturated carbocycles. The summed E-state index contributed by atoms with van der Waals surface area (Å²) in [6, 6.07) is 18.4. The van der Waals surface area contributed by atoms with Gasteiger partial charge in [-0.1, -0.05) is 36.4 Å². The number of rotatable bonds is 26. The van der Waals surface area contributed by atoms with E-state index < -0.39 is 156 Å². The maximum atomic E-state index is 15.1. The highest BCUT2D eigenvalue weighted by Crippen LogP contribution is 2.67. The molecule has 2 heterocycles. The molecule has 0 radical (unpaired) electrons. The van der Waals surface area contributed by atoms with Crippen LogP contribution in [0.4, 0.5) is 149 Å². The SMILES string of the molecule is CC[N+](CC)=c1ccc2c(-c3ccccc3C(=O)OCCC(F)(F)C(F)(F)C(F)(F)C(F)(F)C(F)(F)C(F)(F)C(F)(F)C(F)(F)F)c3cc4c(-c5ccccc5C(=O)OCCC(F)(F)C(F)(F)C(F)(F)C(F)(F)C(F)(F)C(F)(F)C(F)(F)C(F)(F)F)c5ccc(=[N+](CC)CC)cc-5oc4cc3oc-2c1. The molecule has 0 saturated heterocycles. The summed E-state index contributed by atoms with van der Waals surface area (Å²) in [5.41, 5.74) is -4.05. The van der Waals surface area contributed by atoms with Crippen LogP contribution < -0.4 is 19.9 Å². The van der Waals surface area contributed by atoms with E-state index in [2.05, 4.69) is 9.47 Å². The molecule has 0 bridgehead atoms. The van der Waals surface area contributed by atoms with Crippen LogP contribution in [0.3, 0.4) is 0 Å². The molecule has 0 aromatic heterocycles. The summed E-state index contributed by atoms with van der Waals surface area (Å²) in [7, 11) is 0. The van der Waals surface area contributed by atoms with Crippen LogP contribution in [0.1, 0.15) is 61.3 Å². The van der Waals surface area contributed by atoms with Gasteiger partial charge in [0.2, 0.25) is 10.7 Å². The Balaban J connectivity index is 1.37. The van der Waals surface area contributed by atoms with E-state index in [1.807, 2.05) is 0 Å². The maximum absolute atomic E-state index is 15.1. The molecular weight excluding hydrogens is 1510 g/mol. The first-order valence-corrected chi connectivity index (χ1v) is 29.2. The first-order chi connectivity index (χ1) is 47.1. The molecule has 7 rings (SSSR count). The van der Waals surface area contributed by atoms with E-state index in [0.717, 1.165) is 60.7 Å². The van der Waals surface area contributed by atoms with E-state index in [9.17, 15) is 141 Å². The molecule has 3 aromatic rings. The quantitative estimate of drug-likeness (QED) is 0.0232. The average molecular weight is 1560 g/mol. The molecule has 0 unspecified atom stereocenters. The third-order valence-corrected chi connectivity index (χ3v) is 16.5. The molecule has 574 valence electrons. The van der Waals surface area contributed by atoms with Crippen molar-refractivity contribution in [2.24, 2.45) is 0 Å². The van der Waals surface area contributed by atoms with E-state index in [-0.39, 0.29) is 55.7 Å². The van der Waals surface area contributed by atoms with E-state index in [1.165, 1.54) is 36.4 Å². The summed E-state index contributed by atoms with van der Waals surface area (Å²) in [4.78, 5) is 28.1. The number of ether oxygens (including phenoxy) is 2. The molecule has 0 N–H and O–H groups in total. The Labute approximate surface area is 558 Å². The van der Waals surface area contributed by atoms with Gasteiger partial charge in [-0.05, 0) is 69.2 Å². The first-order valence-electron chi connectivity index (χ1n) is 29.2. The second-order valence-corrected chi connectivity index (χ2v) is 22.7. The fourth-order valence-electron chi connectivity index (χ4n) is 10.6. The van der Waals surface area contributed by atoms with Crippen molar-refractivity contribution < 1.29 is 177 Å². The Morgan fingerprint density at radius 3 is 0.875 bits per heavy atom. The standard InChI is InChI=1S/C62H44F34N2O6/c1-5-97(6-2)29-17-19-35-39(25-29)103-41-28-42-38(27-37(41)43(35)31-13-9-11-15-33(31)45(99)101-23-21-47(63,64)49(67,68)51(71,72)53(75,76)55(79,80)57(83,84)59(87,88)61(91,92)93)44(36-20-18-30(26-40(36)104-42)98(7-3)8-4)32-14-10-12-16-34(32)46(100)102-24-22-48(65,66)50(69,70)52(73,74)54(77,78)56(81,82)58(85,86)60(89,90)62(94,95)96/h9-20,25-28H,5-8,21-24H2,1-4H3/q+2. The number of nitrogens with zero attached hydrogens (tertiary/aromatic N) is 2. The second-order valence-electron chi connectivity index (χ2n) is 22.7. The third kappa shape index (κ3) is 12.7. The molecular formula is C62H44F34N2O6+2. The molecule has 0 amide bonds. The smallest absolute Gasteiger partial charge is 0.460 e. The number of alkyl halides is 34. The van der Waals surface area contributed by atoms with Crippen molar-refractivity contribution in [3.8, 4) is 44.9 Å². The summed E-state index contributed by atoms with van der Waals surface area (Å²) in [6.45, 7) is 3.25. The normalized spacial score (nSPS) is 14.4. The van der Waals surface area contributed by atoms with Gasteiger partial charge in [-0.2, -0.15) is 149 Å². The Morgan fingerprint density at radius 1 is 0.327 bits per heavy atom. The van der Waals surface area contributed by atoms with E-state index in [0.29, 0.717) is 36.9 Å². The van der Waals surface area contributed by atoms with Gasteiger partial charge in [0.1, 0.15) is 48.9 Å². The number of carbonyl (C=O) groups excluding carboxylic acids is 2. The lowest BCUT2D eigenvalue weighted by Crippen LogP contribution is -2.74. The number of esters is 2. The summed E-state index contributed by atoms with van der Waals surface area (Å²) in [6.07, 6.45) is -22.4. The van der Waals surface area contributed by atoms with Gasteiger partial charge in [0.25, 0.3) is 0 Å². The van der Waals surface area contributed by atoms with Crippen molar-refractivity contribution in [3.05, 3.63) is 119 Å². The lowest BCUT2D eigenvalue weighted by atomic mass is 9.87. The Kier molecular flexibility index (Phi) is 21.4. The van der Waals surface area contributed by atoms with Crippen LogP contribution in [0.5, 0.6) is 0 Å². The van der Waals surface area contributed by atoms with Crippen LogP contribution in [-0.2, 0) is 9.47 Å². The molecule has 3 aromatic carbocycles. The van der Waals surface area contributed by atoms with Gasteiger partial charge < -0.3 is 18.3 Å². The highest BCUT2D eigenvalue weighted by Gasteiger charge is 2.97. The number of fused-ring (bicyclic) bond motifs is 4. The Hall–Kier alpha value is -8.40. The minimum absolute atomic E-state index is 0.0941. The van der Waals surface area contributed by atoms with Crippen molar-refractivity contribution in [2.75, 3.05) is 39.4 Å². The summed E-state index contributed by atoms with van der Waals surface area (Å²) >= 11 is 0. The van der Waals surface area contributed by atoms with Crippen LogP contribution >= 0.6 is 0 Å². The molecule has 2 aliphatic heterocycles. The van der Waals surface area contributed by atoms with Crippen molar-refractivity contribution in [1.82, 2.24) is 9.15 Å². The van der Waals surface area contributed by atoms with Gasteiger partial charge in [0.15, 0.2) is 0 Å². The first kappa shape index (κ1) is 82.9. The average Bonchev–Trinajstić information content (AvgIpc) is 0.709. The van der Waals surface area contributed by atoms with Crippen molar-refractivity contribution in [1.29, 1.82) is 0 Å². The zero-order chi connectivity index (χ0) is 79.3. The van der Waals surface area contributed by atoms with Crippen LogP contribution in [-0.4, -0.2) is 147 Å². The van der Waals surface area contributed by atoms with Gasteiger partial charge in [0, 0.05) is 51.2 Å². The predicted molar refractivity (Wildman–Crippen MR) is 294 cm³/mol. The summed E-state index contributed by atoms with van der Waals surface area (Å²) in [5.74, 6) is -122. The molecule has 0 atom stereocenters. The molecule has 8 nitrogen and oxygen atoms in total. The van der Waals surface area contributed by atoms with Crippen molar-refractivity contribution in [2.45, 2.75) is 136 Å². The Bertz CT molecular complexity index is 4180. The van der Waals surface area contributed by atoms with Crippen molar-refractivity contribution in [3.63, 3.8) is 0 Å². The lowest BCUT2D eigenvalue weighted by Gasteiger charge is -2.42. The zero-order valence-electron chi connectivity index (χ0n) is 52.1. The van der Waals surface area contributed by atoms with E-state index >= 15 is 17.6 Å². The molecule has 42 heteroatoms. The highest BCUT2D eigenvalue weighted by molar-refractivity contribution is 6.15. The fraction of sp³-hybridized carbons (Fsp3) is 0.452. The number of halogens is 34. The number of carbonyl (C=O) groups is 2. The summed E-state index contributed by atoms with van der Waals surface area (Å²) in [5, 5.41) is 0.273. The van der Waals surface area contributed by atoms with E-state index in [1.54, 1.807) is 36.8 Å². The van der Waals surface area contributed by atoms with Gasteiger partial charge in [-0.3, -0.25) is 0 Å². The minimum atomic E-state index is -8.94. The zero-order valence-corrected chi connectivity index (χ0v) is 52.1. The third-order valence-electron chi connectivity index (χ3n) is 16.5. The largest absolute Gasteiger partial charge is 0.462 e. The fourth-order valence-corrected chi connectivity index (χ4v) is 10.6. The van der Waals surface area contributed by atoms with Crippen LogP contribution in [0.15, 0.2) is 106 Å². The van der Waals surface area contributed by atoms with Crippen LogP contribution in [0.2, 0.25) is 0 Å². The van der Waals surface area contributed by atoms with Gasteiger partial charge >= 0.3 is 107 Å². The van der Waals surface area contributed by atoms with Gasteiger partial charge in [-0.25, -0.2) is 18.7 Å². The van der Waals surface area contributed by atoms with Gasteiger partial charge in [-0.15, -0.1) is 0 Å². The molecule has 104 heavy (non-hydrogen) atoms. The highest BCUT2D eigenvalue weighted by atomic mass is 19.4. The molecule has 4 aliphatic rings. The minimum Gasteiger partial charge on any atom is -0.462 e. The molecule has 0 spiro atoms.